The van der Waals surface area contributed by atoms with E-state index in [4.69, 9.17) is 16.3 Å². The molecule has 0 atom stereocenters. The van der Waals surface area contributed by atoms with Crippen LogP contribution < -0.4 is 19.9 Å². The van der Waals surface area contributed by atoms with Crippen molar-refractivity contribution in [1.82, 2.24) is 0 Å². The van der Waals surface area contributed by atoms with E-state index in [1.807, 2.05) is 12.1 Å². The van der Waals surface area contributed by atoms with Gasteiger partial charge in [-0.05, 0) is 61.2 Å². The quantitative estimate of drug-likeness (QED) is 0.389. The maximum atomic E-state index is 15.1. The topological polar surface area (TPSA) is 65.0 Å². The largest absolute Gasteiger partial charge is 0.497 e. The summed E-state index contributed by atoms with van der Waals surface area (Å²) in [5.74, 6) is -1.45. The summed E-state index contributed by atoms with van der Waals surface area (Å²) < 4.78 is 49.0. The zero-order valence-corrected chi connectivity index (χ0v) is 22.2. The first-order valence-electron chi connectivity index (χ1n) is 12.8. The molecule has 3 aromatic carbocycles. The molecule has 2 aliphatic heterocycles. The molecule has 0 unspecified atom stereocenters. The van der Waals surface area contributed by atoms with Crippen LogP contribution >= 0.6 is 11.6 Å². The number of rotatable bonds is 7. The van der Waals surface area contributed by atoms with E-state index >= 15 is 4.39 Å². The first-order chi connectivity index (χ1) is 18.7. The summed E-state index contributed by atoms with van der Waals surface area (Å²) in [5.41, 5.74) is 1.11. The van der Waals surface area contributed by atoms with Crippen LogP contribution in [0.25, 0.3) is 0 Å². The Balaban J connectivity index is 1.30. The molecule has 6 nitrogen and oxygen atoms in total. The van der Waals surface area contributed by atoms with Gasteiger partial charge in [0, 0.05) is 42.3 Å². The van der Waals surface area contributed by atoms with Crippen LogP contribution in [0.15, 0.2) is 48.5 Å². The van der Waals surface area contributed by atoms with E-state index in [0.29, 0.717) is 23.4 Å². The smallest absolute Gasteiger partial charge is 0.227 e. The van der Waals surface area contributed by atoms with E-state index in [9.17, 15) is 18.7 Å². The van der Waals surface area contributed by atoms with Crippen LogP contribution in [0.4, 0.5) is 30.2 Å². The van der Waals surface area contributed by atoms with Gasteiger partial charge in [0.15, 0.2) is 11.6 Å². The molecule has 5 rings (SSSR count). The fraction of sp³-hybridized carbons (Fsp3) is 0.345. The van der Waals surface area contributed by atoms with Crippen LogP contribution in [0.2, 0.25) is 5.02 Å². The fourth-order valence-corrected chi connectivity index (χ4v) is 5.50. The Labute approximate surface area is 229 Å². The number of piperidine rings is 1. The molecule has 3 aromatic rings. The average Bonchev–Trinajstić information content (AvgIpc) is 2.91. The minimum absolute atomic E-state index is 0.0154. The molecule has 2 N–H and O–H groups in total. The third-order valence-corrected chi connectivity index (χ3v) is 7.71. The van der Waals surface area contributed by atoms with Gasteiger partial charge in [-0.2, -0.15) is 0 Å². The Morgan fingerprint density at radius 3 is 2.28 bits per heavy atom. The molecule has 0 aromatic heterocycles. The van der Waals surface area contributed by atoms with Gasteiger partial charge < -0.3 is 25.0 Å². The molecule has 0 saturated carbocycles. The number of hydrogen-bond donors (Lipinski definition) is 2. The van der Waals surface area contributed by atoms with Crippen molar-refractivity contribution >= 4 is 34.6 Å². The number of methoxy groups -OCH3 is 1. The molecule has 0 bridgehead atoms. The standard InChI is InChI=1S/C29H29ClF3N3O3/c1-39-20-4-2-18(3-5-20)16-36-26(37)9-6-21-25(8-7-22(31)27(21)36)34-17-29(38)10-12-35(13-11-29)28-23(32)14-19(30)15-24(28)33/h2-5,7-8,14-15,34,38H,6,9-13,16-17H2,1H3. The normalized spacial score (nSPS) is 16.7. The van der Waals surface area contributed by atoms with Crippen molar-refractivity contribution in [1.29, 1.82) is 0 Å². The summed E-state index contributed by atoms with van der Waals surface area (Å²) in [6.07, 6.45) is 1.15. The third kappa shape index (κ3) is 5.65. The molecule has 0 radical (unpaired) electrons. The Kier molecular flexibility index (Phi) is 7.64. The molecular weight excluding hydrogens is 531 g/mol. The van der Waals surface area contributed by atoms with Crippen molar-refractivity contribution in [2.75, 3.05) is 41.9 Å². The van der Waals surface area contributed by atoms with Gasteiger partial charge in [0.1, 0.15) is 17.3 Å². The summed E-state index contributed by atoms with van der Waals surface area (Å²) in [4.78, 5) is 15.9. The van der Waals surface area contributed by atoms with Gasteiger partial charge in [0.25, 0.3) is 0 Å². The summed E-state index contributed by atoms with van der Waals surface area (Å²) >= 11 is 5.74. The first kappa shape index (κ1) is 27.1. The zero-order chi connectivity index (χ0) is 27.7. The first-order valence-corrected chi connectivity index (χ1v) is 13.2. The third-order valence-electron chi connectivity index (χ3n) is 7.49. The highest BCUT2D eigenvalue weighted by Crippen LogP contribution is 2.38. The van der Waals surface area contributed by atoms with Gasteiger partial charge in [-0.25, -0.2) is 13.2 Å². The van der Waals surface area contributed by atoms with Crippen LogP contribution in [0.3, 0.4) is 0 Å². The van der Waals surface area contributed by atoms with Crippen LogP contribution in [0.1, 0.15) is 30.4 Å². The van der Waals surface area contributed by atoms with Crippen molar-refractivity contribution < 1.29 is 27.8 Å². The SMILES string of the molecule is COc1ccc(CN2C(=O)CCc3c(NCC4(O)CCN(c5c(F)cc(Cl)cc5F)CC4)ccc(F)c32)cc1. The number of carbonyl (C=O) groups is 1. The maximum Gasteiger partial charge on any atom is 0.227 e. The number of aliphatic hydroxyl groups is 1. The number of fused-ring (bicyclic) bond motifs is 1. The van der Waals surface area contributed by atoms with Gasteiger partial charge in [-0.3, -0.25) is 4.79 Å². The lowest BCUT2D eigenvalue weighted by atomic mass is 9.90. The molecule has 1 saturated heterocycles. The van der Waals surface area contributed by atoms with Gasteiger partial charge in [-0.15, -0.1) is 0 Å². The highest BCUT2D eigenvalue weighted by molar-refractivity contribution is 6.30. The number of anilines is 3. The van der Waals surface area contributed by atoms with Crippen molar-refractivity contribution in [3.8, 4) is 5.75 Å². The number of ether oxygens (including phenoxy) is 1. The fourth-order valence-electron chi connectivity index (χ4n) is 5.31. The van der Waals surface area contributed by atoms with Gasteiger partial charge in [0.2, 0.25) is 5.91 Å². The van der Waals surface area contributed by atoms with E-state index in [1.165, 1.54) is 11.0 Å². The lowest BCUT2D eigenvalue weighted by Gasteiger charge is -2.40. The lowest BCUT2D eigenvalue weighted by Crippen LogP contribution is -2.48. The van der Waals surface area contributed by atoms with Crippen molar-refractivity contribution in [3.63, 3.8) is 0 Å². The summed E-state index contributed by atoms with van der Waals surface area (Å²) in [7, 11) is 1.57. The van der Waals surface area contributed by atoms with Gasteiger partial charge >= 0.3 is 0 Å². The Bertz CT molecular complexity index is 1360. The van der Waals surface area contributed by atoms with Crippen LogP contribution in [-0.2, 0) is 17.8 Å². The Morgan fingerprint density at radius 1 is 0.974 bits per heavy atom. The van der Waals surface area contributed by atoms with Gasteiger partial charge in [0.05, 0.1) is 24.9 Å². The molecule has 1 fully saturated rings. The molecular formula is C29H29ClF3N3O3. The molecule has 2 heterocycles. The summed E-state index contributed by atoms with van der Waals surface area (Å²) in [6, 6.07) is 12.3. The predicted octanol–water partition coefficient (Wildman–Crippen LogP) is 5.69. The molecule has 1 amide bonds. The van der Waals surface area contributed by atoms with E-state index in [1.54, 1.807) is 30.2 Å². The second kappa shape index (κ2) is 11.0. The molecule has 39 heavy (non-hydrogen) atoms. The summed E-state index contributed by atoms with van der Waals surface area (Å²) in [6.45, 7) is 0.878. The monoisotopic (exact) mass is 559 g/mol. The van der Waals surface area contributed by atoms with Gasteiger partial charge in [-0.1, -0.05) is 23.7 Å². The Morgan fingerprint density at radius 2 is 1.64 bits per heavy atom. The summed E-state index contributed by atoms with van der Waals surface area (Å²) in [5, 5.41) is 14.5. The predicted molar refractivity (Wildman–Crippen MR) is 145 cm³/mol. The van der Waals surface area contributed by atoms with Crippen molar-refractivity contribution in [2.24, 2.45) is 0 Å². The highest BCUT2D eigenvalue weighted by Gasteiger charge is 2.35. The minimum atomic E-state index is -1.13. The molecule has 2 aliphatic rings. The minimum Gasteiger partial charge on any atom is -0.497 e. The van der Waals surface area contributed by atoms with Crippen LogP contribution in [0.5, 0.6) is 5.75 Å². The number of halogens is 4. The number of benzene rings is 3. The van der Waals surface area contributed by atoms with Crippen LogP contribution in [-0.4, -0.2) is 43.4 Å². The number of hydrogen-bond acceptors (Lipinski definition) is 5. The van der Waals surface area contributed by atoms with E-state index in [-0.39, 0.29) is 67.7 Å². The second-order valence-electron chi connectivity index (χ2n) is 10.0. The number of carbonyl (C=O) groups excluding carboxylic acids is 1. The average molecular weight is 560 g/mol. The van der Waals surface area contributed by atoms with E-state index in [2.05, 4.69) is 5.32 Å². The molecule has 10 heteroatoms. The number of amides is 1. The maximum absolute atomic E-state index is 15.1. The van der Waals surface area contributed by atoms with Crippen molar-refractivity contribution in [2.45, 2.75) is 37.8 Å². The zero-order valence-electron chi connectivity index (χ0n) is 21.4. The molecule has 0 spiro atoms. The number of nitrogens with one attached hydrogen (secondary N) is 1. The highest BCUT2D eigenvalue weighted by atomic mass is 35.5. The molecule has 0 aliphatic carbocycles. The lowest BCUT2D eigenvalue weighted by molar-refractivity contribution is -0.119. The van der Waals surface area contributed by atoms with Crippen molar-refractivity contribution in [3.05, 3.63) is 82.1 Å². The van der Waals surface area contributed by atoms with Crippen LogP contribution in [0, 0.1) is 17.5 Å². The Hall–Kier alpha value is -3.43. The number of nitrogens with zero attached hydrogens (tertiary/aromatic N) is 2. The van der Waals surface area contributed by atoms with E-state index in [0.717, 1.165) is 17.7 Å². The second-order valence-corrected chi connectivity index (χ2v) is 10.5. The molecule has 206 valence electrons. The van der Waals surface area contributed by atoms with E-state index < -0.39 is 23.1 Å².